The van der Waals surface area contributed by atoms with Crippen molar-refractivity contribution >= 4 is 27.5 Å². The summed E-state index contributed by atoms with van der Waals surface area (Å²) in [5, 5.41) is 0. The van der Waals surface area contributed by atoms with Crippen LogP contribution in [0.5, 0.6) is 0 Å². The number of hydrogen-bond donors (Lipinski definition) is 0. The largest absolute Gasteiger partial charge is 0.294 e. The minimum atomic E-state index is -0.904. The number of rotatable bonds is 9. The molecule has 0 saturated heterocycles. The summed E-state index contributed by atoms with van der Waals surface area (Å²) < 4.78 is 0.895. The van der Waals surface area contributed by atoms with Crippen LogP contribution in [0.15, 0.2) is 150 Å². The minimum Gasteiger partial charge on any atom is -0.294 e. The summed E-state index contributed by atoms with van der Waals surface area (Å²) in [6.45, 7) is 0. The molecule has 0 aliphatic heterocycles. The molecule has 5 rings (SSSR count). The van der Waals surface area contributed by atoms with Gasteiger partial charge >= 0.3 is 0 Å². The molecule has 0 radical (unpaired) electrons. The Bertz CT molecular complexity index is 1400. The van der Waals surface area contributed by atoms with Gasteiger partial charge in [-0.3, -0.25) is 9.59 Å². The molecule has 1 unspecified atom stereocenters. The standard InChI is InChI=1S/C35H27BrO2/c36-31-23-21-27(22-24-31)34(38)32(25-33(37)26-13-5-1-6-14-26)35(28-15-7-2-8-16-28,29-17-9-3-10-18-29)30-19-11-4-12-20-30/h1-24,32H,25H2. The third kappa shape index (κ3) is 5.03. The molecule has 0 N–H and O–H groups in total. The molecule has 0 bridgehead atoms. The number of ketones is 2. The van der Waals surface area contributed by atoms with Crippen LogP contribution < -0.4 is 0 Å². The molecule has 1 atom stereocenters. The van der Waals surface area contributed by atoms with Crippen LogP contribution in [-0.4, -0.2) is 11.6 Å². The van der Waals surface area contributed by atoms with Gasteiger partial charge in [0.1, 0.15) is 0 Å². The molecule has 186 valence electrons. The van der Waals surface area contributed by atoms with Crippen LogP contribution in [0, 0.1) is 5.92 Å². The molecule has 0 amide bonds. The smallest absolute Gasteiger partial charge is 0.167 e. The second-order valence-electron chi connectivity index (χ2n) is 9.32. The van der Waals surface area contributed by atoms with E-state index in [9.17, 15) is 9.59 Å². The summed E-state index contributed by atoms with van der Waals surface area (Å²) in [6.07, 6.45) is 0.0532. The number of Topliss-reactive ketones (excluding diaryl/α,β-unsaturated/α-hetero) is 2. The van der Waals surface area contributed by atoms with E-state index in [1.54, 1.807) is 0 Å². The molecule has 0 fully saturated rings. The van der Waals surface area contributed by atoms with E-state index in [-0.39, 0.29) is 18.0 Å². The maximum absolute atomic E-state index is 14.6. The Morgan fingerprint density at radius 1 is 0.526 bits per heavy atom. The van der Waals surface area contributed by atoms with E-state index in [1.807, 2.05) is 109 Å². The SMILES string of the molecule is O=C(CC(C(=O)c1ccc(Br)cc1)C(c1ccccc1)(c1ccccc1)c1ccccc1)c1ccccc1. The van der Waals surface area contributed by atoms with Crippen molar-refractivity contribution in [1.29, 1.82) is 0 Å². The Kier molecular flexibility index (Phi) is 7.76. The number of carbonyl (C=O) groups excluding carboxylic acids is 2. The van der Waals surface area contributed by atoms with E-state index in [2.05, 4.69) is 52.3 Å². The van der Waals surface area contributed by atoms with Crippen LogP contribution in [-0.2, 0) is 5.41 Å². The Morgan fingerprint density at radius 3 is 1.34 bits per heavy atom. The molecule has 0 aliphatic carbocycles. The van der Waals surface area contributed by atoms with Gasteiger partial charge in [0.25, 0.3) is 0 Å². The van der Waals surface area contributed by atoms with E-state index in [4.69, 9.17) is 0 Å². The molecule has 5 aromatic carbocycles. The van der Waals surface area contributed by atoms with Crippen LogP contribution in [0.2, 0.25) is 0 Å². The number of hydrogen-bond acceptors (Lipinski definition) is 2. The van der Waals surface area contributed by atoms with Crippen molar-refractivity contribution in [3.63, 3.8) is 0 Å². The fraction of sp³-hybridized carbons (Fsp3) is 0.0857. The van der Waals surface area contributed by atoms with Crippen LogP contribution in [0.4, 0.5) is 0 Å². The highest BCUT2D eigenvalue weighted by Gasteiger charge is 2.48. The molecule has 0 aromatic heterocycles. The minimum absolute atomic E-state index is 0.0532. The van der Waals surface area contributed by atoms with Gasteiger partial charge in [-0.1, -0.05) is 149 Å². The van der Waals surface area contributed by atoms with E-state index in [0.29, 0.717) is 11.1 Å². The van der Waals surface area contributed by atoms with Crippen molar-refractivity contribution in [2.24, 2.45) is 5.92 Å². The fourth-order valence-corrected chi connectivity index (χ4v) is 5.66. The van der Waals surface area contributed by atoms with Crippen molar-refractivity contribution in [2.45, 2.75) is 11.8 Å². The second kappa shape index (κ2) is 11.5. The van der Waals surface area contributed by atoms with Gasteiger partial charge in [-0.05, 0) is 28.8 Å². The zero-order valence-electron chi connectivity index (χ0n) is 20.8. The maximum Gasteiger partial charge on any atom is 0.167 e. The molecule has 0 heterocycles. The first kappa shape index (κ1) is 25.6. The van der Waals surface area contributed by atoms with Crippen LogP contribution in [0.25, 0.3) is 0 Å². The van der Waals surface area contributed by atoms with Crippen LogP contribution in [0.1, 0.15) is 43.8 Å². The molecular formula is C35H27BrO2. The normalized spacial score (nSPS) is 12.0. The molecule has 3 heteroatoms. The van der Waals surface area contributed by atoms with E-state index >= 15 is 0 Å². The second-order valence-corrected chi connectivity index (χ2v) is 10.2. The van der Waals surface area contributed by atoms with Crippen LogP contribution >= 0.6 is 15.9 Å². The summed E-state index contributed by atoms with van der Waals surface area (Å²) in [4.78, 5) is 28.4. The highest BCUT2D eigenvalue weighted by Crippen LogP contribution is 2.48. The lowest BCUT2D eigenvalue weighted by Crippen LogP contribution is -2.43. The number of halogens is 1. The molecule has 2 nitrogen and oxygen atoms in total. The van der Waals surface area contributed by atoms with E-state index in [1.165, 1.54) is 0 Å². The first-order valence-corrected chi connectivity index (χ1v) is 13.4. The first-order chi connectivity index (χ1) is 18.6. The van der Waals surface area contributed by atoms with E-state index < -0.39 is 11.3 Å². The van der Waals surface area contributed by atoms with Crippen molar-refractivity contribution in [3.05, 3.63) is 178 Å². The van der Waals surface area contributed by atoms with Crippen molar-refractivity contribution in [2.75, 3.05) is 0 Å². The molecular weight excluding hydrogens is 532 g/mol. The summed E-state index contributed by atoms with van der Waals surface area (Å²) in [7, 11) is 0. The van der Waals surface area contributed by atoms with Crippen molar-refractivity contribution in [3.8, 4) is 0 Å². The molecule has 0 spiro atoms. The quantitative estimate of drug-likeness (QED) is 0.134. The highest BCUT2D eigenvalue weighted by molar-refractivity contribution is 9.10. The topological polar surface area (TPSA) is 34.1 Å². The van der Waals surface area contributed by atoms with Gasteiger partial charge in [0.15, 0.2) is 11.6 Å². The maximum atomic E-state index is 14.6. The Labute approximate surface area is 232 Å². The van der Waals surface area contributed by atoms with Gasteiger partial charge in [0.2, 0.25) is 0 Å². The predicted molar refractivity (Wildman–Crippen MR) is 157 cm³/mol. The molecule has 0 saturated carbocycles. The summed E-state index contributed by atoms with van der Waals surface area (Å²) >= 11 is 3.49. The first-order valence-electron chi connectivity index (χ1n) is 12.7. The van der Waals surface area contributed by atoms with Crippen molar-refractivity contribution in [1.82, 2.24) is 0 Å². The molecule has 38 heavy (non-hydrogen) atoms. The predicted octanol–water partition coefficient (Wildman–Crippen LogP) is 8.56. The Morgan fingerprint density at radius 2 is 0.921 bits per heavy atom. The lowest BCUT2D eigenvalue weighted by Gasteiger charge is -2.42. The average Bonchev–Trinajstić information content (AvgIpc) is 2.99. The summed E-state index contributed by atoms with van der Waals surface area (Å²) in [5.74, 6) is -0.838. The molecule has 0 aliphatic rings. The van der Waals surface area contributed by atoms with Gasteiger partial charge in [0, 0.05) is 27.9 Å². The van der Waals surface area contributed by atoms with Crippen molar-refractivity contribution < 1.29 is 9.59 Å². The zero-order chi connectivity index (χ0) is 26.4. The number of carbonyl (C=O) groups is 2. The fourth-order valence-electron chi connectivity index (χ4n) is 5.39. The van der Waals surface area contributed by atoms with Gasteiger partial charge in [-0.25, -0.2) is 0 Å². The monoisotopic (exact) mass is 558 g/mol. The summed E-state index contributed by atoms with van der Waals surface area (Å²) in [6, 6.07) is 47.0. The van der Waals surface area contributed by atoms with Gasteiger partial charge in [-0.2, -0.15) is 0 Å². The van der Waals surface area contributed by atoms with Crippen LogP contribution in [0.3, 0.4) is 0 Å². The number of benzene rings is 5. The van der Waals surface area contributed by atoms with Gasteiger partial charge in [0.05, 0.1) is 5.41 Å². The average molecular weight is 560 g/mol. The third-order valence-electron chi connectivity index (χ3n) is 7.14. The summed E-state index contributed by atoms with van der Waals surface area (Å²) in [5.41, 5.74) is 3.17. The third-order valence-corrected chi connectivity index (χ3v) is 7.67. The van der Waals surface area contributed by atoms with Gasteiger partial charge in [-0.15, -0.1) is 0 Å². The molecule has 5 aromatic rings. The Hall–Kier alpha value is -4.08. The van der Waals surface area contributed by atoms with Gasteiger partial charge < -0.3 is 0 Å². The Balaban J connectivity index is 1.81. The highest BCUT2D eigenvalue weighted by atomic mass is 79.9. The zero-order valence-corrected chi connectivity index (χ0v) is 22.4. The lowest BCUT2D eigenvalue weighted by molar-refractivity contribution is 0.0812. The lowest BCUT2D eigenvalue weighted by atomic mass is 9.58. The van der Waals surface area contributed by atoms with E-state index in [0.717, 1.165) is 21.2 Å².